The van der Waals surface area contributed by atoms with Gasteiger partial charge >= 0.3 is 0 Å². The quantitative estimate of drug-likeness (QED) is 0.755. The minimum Gasteiger partial charge on any atom is -0.394 e. The summed E-state index contributed by atoms with van der Waals surface area (Å²) in [6.07, 6.45) is 1.28. The van der Waals surface area contributed by atoms with Crippen molar-refractivity contribution in [3.63, 3.8) is 0 Å². The van der Waals surface area contributed by atoms with E-state index < -0.39 is 10.0 Å². The van der Waals surface area contributed by atoms with Crippen LogP contribution in [0.15, 0.2) is 27.7 Å². The standard InChI is InChI=1S/C9H7BrCl2N4O2S/c10-4-1-5(11)8(6(12)2-4)19(17,18)16-9-7(13)3-14-15-9/h1-3H,13H2,(H2,14,15,16). The fourth-order valence-electron chi connectivity index (χ4n) is 1.35. The van der Waals surface area contributed by atoms with E-state index in [0.29, 0.717) is 4.47 Å². The van der Waals surface area contributed by atoms with Gasteiger partial charge in [-0.15, -0.1) is 0 Å². The maximum atomic E-state index is 12.2. The number of nitrogens with one attached hydrogen (secondary N) is 2. The Labute approximate surface area is 127 Å². The highest BCUT2D eigenvalue weighted by Crippen LogP contribution is 2.34. The van der Waals surface area contributed by atoms with E-state index in [1.54, 1.807) is 0 Å². The SMILES string of the molecule is Nc1cn[nH]c1NS(=O)(=O)c1c(Cl)cc(Br)cc1Cl. The van der Waals surface area contributed by atoms with E-state index in [1.807, 2.05) is 0 Å². The number of benzene rings is 1. The first-order valence-corrected chi connectivity index (χ1v) is 7.80. The van der Waals surface area contributed by atoms with E-state index >= 15 is 0 Å². The monoisotopic (exact) mass is 384 g/mol. The Morgan fingerprint density at radius 2 is 1.89 bits per heavy atom. The minimum absolute atomic E-state index is 0.00929. The van der Waals surface area contributed by atoms with Gasteiger partial charge in [-0.25, -0.2) is 8.42 Å². The lowest BCUT2D eigenvalue weighted by atomic mass is 10.4. The topological polar surface area (TPSA) is 101 Å². The van der Waals surface area contributed by atoms with Crippen LogP contribution < -0.4 is 10.5 Å². The number of anilines is 2. The highest BCUT2D eigenvalue weighted by atomic mass is 79.9. The van der Waals surface area contributed by atoms with Crippen LogP contribution in [0.3, 0.4) is 0 Å². The molecule has 1 aromatic carbocycles. The van der Waals surface area contributed by atoms with Crippen LogP contribution >= 0.6 is 39.1 Å². The number of hydrogen-bond acceptors (Lipinski definition) is 4. The summed E-state index contributed by atoms with van der Waals surface area (Å²) >= 11 is 15.0. The Balaban J connectivity index is 2.49. The van der Waals surface area contributed by atoms with Crippen LogP contribution in [0.25, 0.3) is 0 Å². The van der Waals surface area contributed by atoms with Gasteiger partial charge in [0.05, 0.1) is 21.9 Å². The number of sulfonamides is 1. The molecule has 0 fully saturated rings. The maximum absolute atomic E-state index is 12.2. The molecule has 0 saturated heterocycles. The summed E-state index contributed by atoms with van der Waals surface area (Å²) in [5.74, 6) is 0.0510. The number of aromatic amines is 1. The summed E-state index contributed by atoms with van der Waals surface area (Å²) < 4.78 is 27.2. The van der Waals surface area contributed by atoms with Crippen molar-refractivity contribution in [1.82, 2.24) is 10.2 Å². The molecule has 0 unspecified atom stereocenters. The van der Waals surface area contributed by atoms with Crippen LogP contribution in [0.1, 0.15) is 0 Å². The van der Waals surface area contributed by atoms with Crippen LogP contribution in [0.5, 0.6) is 0 Å². The Bertz CT molecular complexity index is 709. The molecule has 0 bridgehead atoms. The number of nitrogen functional groups attached to an aromatic ring is 1. The van der Waals surface area contributed by atoms with Crippen LogP contribution in [0.2, 0.25) is 10.0 Å². The molecule has 2 aromatic rings. The fraction of sp³-hybridized carbons (Fsp3) is 0. The molecule has 1 aromatic heterocycles. The lowest BCUT2D eigenvalue weighted by molar-refractivity contribution is 0.601. The Morgan fingerprint density at radius 1 is 1.32 bits per heavy atom. The zero-order valence-electron chi connectivity index (χ0n) is 9.12. The molecule has 0 aliphatic heterocycles. The summed E-state index contributed by atoms with van der Waals surface area (Å²) in [6, 6.07) is 2.86. The Kier molecular flexibility index (Phi) is 3.95. The first-order valence-electron chi connectivity index (χ1n) is 4.77. The second-order valence-electron chi connectivity index (χ2n) is 3.50. The summed E-state index contributed by atoms with van der Waals surface area (Å²) in [6.45, 7) is 0. The van der Waals surface area contributed by atoms with Crippen molar-refractivity contribution in [2.45, 2.75) is 4.90 Å². The molecule has 2 rings (SSSR count). The molecule has 6 nitrogen and oxygen atoms in total. The third-order valence-electron chi connectivity index (χ3n) is 2.14. The van der Waals surface area contributed by atoms with Crippen molar-refractivity contribution in [3.8, 4) is 0 Å². The van der Waals surface area contributed by atoms with E-state index in [2.05, 4.69) is 30.8 Å². The summed E-state index contributed by atoms with van der Waals surface area (Å²) in [4.78, 5) is -0.229. The number of aromatic nitrogens is 2. The van der Waals surface area contributed by atoms with Gasteiger partial charge in [-0.1, -0.05) is 39.1 Å². The molecule has 0 saturated carbocycles. The summed E-state index contributed by atoms with van der Waals surface area (Å²) in [5.41, 5.74) is 5.69. The van der Waals surface area contributed by atoms with Crippen molar-refractivity contribution in [1.29, 1.82) is 0 Å². The van der Waals surface area contributed by atoms with Crippen LogP contribution in [-0.2, 0) is 10.0 Å². The first-order chi connectivity index (χ1) is 8.81. The predicted octanol–water partition coefficient (Wildman–Crippen LogP) is 2.86. The van der Waals surface area contributed by atoms with E-state index in [9.17, 15) is 8.42 Å². The molecular formula is C9H7BrCl2N4O2S. The van der Waals surface area contributed by atoms with E-state index in [1.165, 1.54) is 18.3 Å². The summed E-state index contributed by atoms with van der Waals surface area (Å²) in [5, 5.41) is 6.01. The molecule has 0 atom stereocenters. The van der Waals surface area contributed by atoms with Crippen LogP contribution in [0, 0.1) is 0 Å². The van der Waals surface area contributed by atoms with Crippen molar-refractivity contribution in [3.05, 3.63) is 32.8 Å². The maximum Gasteiger partial charge on any atom is 0.266 e. The van der Waals surface area contributed by atoms with E-state index in [0.717, 1.165) is 0 Å². The van der Waals surface area contributed by atoms with Crippen molar-refractivity contribution >= 4 is 60.7 Å². The molecular weight excluding hydrogens is 379 g/mol. The van der Waals surface area contributed by atoms with Gasteiger partial charge in [-0.05, 0) is 12.1 Å². The second kappa shape index (κ2) is 5.20. The average Bonchev–Trinajstić information content (AvgIpc) is 2.61. The number of hydrogen-bond donors (Lipinski definition) is 3. The van der Waals surface area contributed by atoms with Crippen LogP contribution in [-0.4, -0.2) is 18.6 Å². The lowest BCUT2D eigenvalue weighted by Crippen LogP contribution is -2.15. The molecule has 102 valence electrons. The summed E-state index contributed by atoms with van der Waals surface area (Å²) in [7, 11) is -3.97. The third kappa shape index (κ3) is 2.97. The molecule has 19 heavy (non-hydrogen) atoms. The molecule has 0 spiro atoms. The molecule has 10 heteroatoms. The predicted molar refractivity (Wildman–Crippen MR) is 78.0 cm³/mol. The Morgan fingerprint density at radius 3 is 2.37 bits per heavy atom. The van der Waals surface area contributed by atoms with Gasteiger partial charge in [0.25, 0.3) is 10.0 Å². The fourth-order valence-corrected chi connectivity index (χ4v) is 4.33. The molecule has 0 aliphatic carbocycles. The number of halogens is 3. The van der Waals surface area contributed by atoms with Crippen molar-refractivity contribution in [2.75, 3.05) is 10.5 Å². The van der Waals surface area contributed by atoms with Crippen molar-refractivity contribution in [2.24, 2.45) is 0 Å². The number of nitrogens with zero attached hydrogens (tertiary/aromatic N) is 1. The minimum atomic E-state index is -3.97. The Hall–Kier alpha value is -0.960. The zero-order valence-corrected chi connectivity index (χ0v) is 13.0. The zero-order chi connectivity index (χ0) is 14.2. The van der Waals surface area contributed by atoms with E-state index in [4.69, 9.17) is 28.9 Å². The van der Waals surface area contributed by atoms with Gasteiger partial charge in [0.1, 0.15) is 4.90 Å². The van der Waals surface area contributed by atoms with Gasteiger partial charge in [0.2, 0.25) is 0 Å². The molecule has 0 aliphatic rings. The molecule has 0 radical (unpaired) electrons. The largest absolute Gasteiger partial charge is 0.394 e. The smallest absolute Gasteiger partial charge is 0.266 e. The van der Waals surface area contributed by atoms with E-state index in [-0.39, 0.29) is 26.4 Å². The molecule has 0 amide bonds. The van der Waals surface area contributed by atoms with Gasteiger partial charge in [-0.2, -0.15) is 5.10 Å². The van der Waals surface area contributed by atoms with Gasteiger partial charge in [-0.3, -0.25) is 9.82 Å². The number of rotatable bonds is 3. The average molecular weight is 386 g/mol. The highest BCUT2D eigenvalue weighted by molar-refractivity contribution is 9.10. The second-order valence-corrected chi connectivity index (χ2v) is 6.85. The van der Waals surface area contributed by atoms with Gasteiger partial charge in [0.15, 0.2) is 5.82 Å². The number of nitrogens with two attached hydrogens (primary N) is 1. The first kappa shape index (κ1) is 14.4. The normalized spacial score (nSPS) is 11.5. The van der Waals surface area contributed by atoms with Crippen molar-refractivity contribution < 1.29 is 8.42 Å². The van der Waals surface area contributed by atoms with Crippen LogP contribution in [0.4, 0.5) is 11.5 Å². The van der Waals surface area contributed by atoms with Gasteiger partial charge in [0, 0.05) is 4.47 Å². The molecule has 4 N–H and O–H groups in total. The van der Waals surface area contributed by atoms with Gasteiger partial charge < -0.3 is 5.73 Å². The third-order valence-corrected chi connectivity index (χ3v) is 4.87. The molecule has 1 heterocycles. The number of H-pyrrole nitrogens is 1. The lowest BCUT2D eigenvalue weighted by Gasteiger charge is -2.10. The highest BCUT2D eigenvalue weighted by Gasteiger charge is 2.23.